The molecular weight excluding hydrogens is 332 g/mol. The molecule has 8 nitrogen and oxygen atoms in total. The molecule has 1 aromatic heterocycles. The van der Waals surface area contributed by atoms with Crippen molar-refractivity contribution in [2.24, 2.45) is 16.0 Å². The van der Waals surface area contributed by atoms with Crippen LogP contribution in [0.3, 0.4) is 0 Å². The number of primary amides is 1. The van der Waals surface area contributed by atoms with Crippen LogP contribution in [0.1, 0.15) is 36.2 Å². The molecule has 2 amide bonds. The van der Waals surface area contributed by atoms with E-state index < -0.39 is 11.6 Å². The van der Waals surface area contributed by atoms with Crippen molar-refractivity contribution in [3.63, 3.8) is 0 Å². The quantitative estimate of drug-likeness (QED) is 0.712. The second-order valence-corrected chi connectivity index (χ2v) is 5.96. The van der Waals surface area contributed by atoms with E-state index >= 15 is 0 Å². The molecule has 1 aliphatic rings. The molecule has 2 heterocycles. The summed E-state index contributed by atoms with van der Waals surface area (Å²) in [4.78, 5) is 23.5. The van der Waals surface area contributed by atoms with Crippen LogP contribution in [0.2, 0.25) is 0 Å². The van der Waals surface area contributed by atoms with Gasteiger partial charge in [0, 0.05) is 31.9 Å². The number of nitrogens with zero attached hydrogens (tertiary/aromatic N) is 4. The molecule has 0 bridgehead atoms. The number of hydrogen-bond donors (Lipinski definition) is 2. The molecule has 0 radical (unpaired) electrons. The van der Waals surface area contributed by atoms with E-state index in [1.165, 1.54) is 10.7 Å². The molecule has 1 aromatic carbocycles. The Morgan fingerprint density at radius 1 is 1.23 bits per heavy atom. The number of hydrogen-bond acceptors (Lipinski definition) is 5. The maximum Gasteiger partial charge on any atom is 0.269 e. The van der Waals surface area contributed by atoms with Crippen LogP contribution < -0.4 is 11.1 Å². The molecule has 3 N–H and O–H groups in total. The summed E-state index contributed by atoms with van der Waals surface area (Å²) in [5.41, 5.74) is 6.11. The van der Waals surface area contributed by atoms with Gasteiger partial charge in [-0.2, -0.15) is 15.3 Å². The van der Waals surface area contributed by atoms with Crippen LogP contribution in [0.5, 0.6) is 0 Å². The summed E-state index contributed by atoms with van der Waals surface area (Å²) in [5.74, 6) is 1.80. The third-order valence-corrected chi connectivity index (χ3v) is 4.07. The summed E-state index contributed by atoms with van der Waals surface area (Å²) in [7, 11) is 0. The average Bonchev–Trinajstić information content (AvgIpc) is 3.23. The first-order valence-electron chi connectivity index (χ1n) is 8.15. The summed E-state index contributed by atoms with van der Waals surface area (Å²) in [6.45, 7) is 0. The summed E-state index contributed by atoms with van der Waals surface area (Å²) in [5, 5.41) is 15.0. The van der Waals surface area contributed by atoms with Crippen LogP contribution in [0.15, 0.2) is 46.8 Å². The molecule has 132 valence electrons. The Bertz CT molecular complexity index is 902. The molecule has 0 spiro atoms. The van der Waals surface area contributed by atoms with Gasteiger partial charge in [0.25, 0.3) is 5.91 Å². The van der Waals surface area contributed by atoms with E-state index in [0.29, 0.717) is 30.6 Å². The molecule has 0 saturated carbocycles. The zero-order valence-electron chi connectivity index (χ0n) is 14.1. The van der Waals surface area contributed by atoms with Crippen LogP contribution >= 0.6 is 0 Å². The normalized spacial score (nSPS) is 13.8. The topological polar surface area (TPSA) is 115 Å². The first kappa shape index (κ1) is 17.4. The van der Waals surface area contributed by atoms with Crippen LogP contribution in [0, 0.1) is 12.3 Å². The molecule has 0 unspecified atom stereocenters. The van der Waals surface area contributed by atoms with Gasteiger partial charge in [-0.1, -0.05) is 12.1 Å². The molecule has 8 heteroatoms. The highest BCUT2D eigenvalue weighted by molar-refractivity contribution is 5.93. The van der Waals surface area contributed by atoms with E-state index in [0.717, 1.165) is 0 Å². The van der Waals surface area contributed by atoms with Crippen LogP contribution in [-0.4, -0.2) is 27.3 Å². The lowest BCUT2D eigenvalue weighted by molar-refractivity contribution is -0.116. The molecule has 1 aliphatic heterocycles. The Kier molecular flexibility index (Phi) is 4.80. The maximum atomic E-state index is 12.3. The number of para-hydroxylation sites is 2. The second-order valence-electron chi connectivity index (χ2n) is 5.96. The van der Waals surface area contributed by atoms with Gasteiger partial charge in [0.2, 0.25) is 5.91 Å². The third kappa shape index (κ3) is 3.95. The zero-order chi connectivity index (χ0) is 18.6. The highest BCUT2D eigenvalue weighted by atomic mass is 16.2. The van der Waals surface area contributed by atoms with Gasteiger partial charge in [-0.3, -0.25) is 9.59 Å². The first-order chi connectivity index (χ1) is 12.5. The average molecular weight is 350 g/mol. The van der Waals surface area contributed by atoms with Crippen molar-refractivity contribution in [3.05, 3.63) is 42.2 Å². The van der Waals surface area contributed by atoms with Gasteiger partial charge < -0.3 is 11.1 Å². The predicted octanol–water partition coefficient (Wildman–Crippen LogP) is 2.27. The van der Waals surface area contributed by atoms with Gasteiger partial charge in [0.15, 0.2) is 5.66 Å². The Morgan fingerprint density at radius 2 is 2.00 bits per heavy atom. The van der Waals surface area contributed by atoms with Gasteiger partial charge in [-0.15, -0.1) is 12.3 Å². The van der Waals surface area contributed by atoms with Gasteiger partial charge in [0.05, 0.1) is 11.4 Å². The van der Waals surface area contributed by atoms with E-state index in [1.54, 1.807) is 24.4 Å². The number of aromatic nitrogens is 2. The molecule has 26 heavy (non-hydrogen) atoms. The molecule has 0 atom stereocenters. The van der Waals surface area contributed by atoms with Crippen molar-refractivity contribution in [2.75, 3.05) is 5.32 Å². The van der Waals surface area contributed by atoms with Gasteiger partial charge >= 0.3 is 0 Å². The molecule has 3 rings (SSSR count). The summed E-state index contributed by atoms with van der Waals surface area (Å²) >= 11 is 0. The number of nitrogens with one attached hydrogen (secondary N) is 1. The van der Waals surface area contributed by atoms with Crippen molar-refractivity contribution in [1.82, 2.24) is 9.78 Å². The minimum absolute atomic E-state index is 0.151. The van der Waals surface area contributed by atoms with Crippen LogP contribution in [-0.2, 0) is 4.79 Å². The second kappa shape index (κ2) is 7.19. The maximum absolute atomic E-state index is 12.3. The van der Waals surface area contributed by atoms with Crippen LogP contribution in [0.4, 0.5) is 5.69 Å². The predicted molar refractivity (Wildman–Crippen MR) is 95.6 cm³/mol. The summed E-state index contributed by atoms with van der Waals surface area (Å²) in [6, 6.07) is 8.68. The van der Waals surface area contributed by atoms with Crippen molar-refractivity contribution in [2.45, 2.75) is 31.3 Å². The van der Waals surface area contributed by atoms with E-state index in [2.05, 4.69) is 26.6 Å². The Balaban J connectivity index is 1.65. The van der Waals surface area contributed by atoms with E-state index in [4.69, 9.17) is 12.2 Å². The van der Waals surface area contributed by atoms with E-state index in [9.17, 15) is 9.59 Å². The largest absolute Gasteiger partial charge is 0.364 e. The summed E-state index contributed by atoms with van der Waals surface area (Å²) in [6.07, 6.45) is 8.92. The van der Waals surface area contributed by atoms with Crippen molar-refractivity contribution in [3.8, 4) is 18.0 Å². The van der Waals surface area contributed by atoms with Crippen LogP contribution in [0.25, 0.3) is 5.69 Å². The minimum atomic E-state index is -0.612. The minimum Gasteiger partial charge on any atom is -0.364 e. The van der Waals surface area contributed by atoms with E-state index in [-0.39, 0.29) is 18.0 Å². The lowest BCUT2D eigenvalue weighted by Crippen LogP contribution is -2.18. The van der Waals surface area contributed by atoms with Gasteiger partial charge in [-0.25, -0.2) is 4.68 Å². The number of rotatable bonds is 8. The number of nitrogens with two attached hydrogens (primary N) is 1. The molecule has 0 aliphatic carbocycles. The van der Waals surface area contributed by atoms with Crippen molar-refractivity contribution in [1.29, 1.82) is 0 Å². The molecule has 0 saturated heterocycles. The van der Waals surface area contributed by atoms with Gasteiger partial charge in [-0.05, 0) is 18.2 Å². The molecular formula is C18H18N6O2. The first-order valence-corrected chi connectivity index (χ1v) is 8.15. The Hall–Kier alpha value is -3.47. The SMILES string of the molecule is C#CCCC1(CCC(=O)Nc2ccccc2-n2ccc(C(N)=O)n2)N=N1. The lowest BCUT2D eigenvalue weighted by atomic mass is 10.0. The summed E-state index contributed by atoms with van der Waals surface area (Å²) < 4.78 is 1.50. The lowest BCUT2D eigenvalue weighted by Gasteiger charge is -2.12. The van der Waals surface area contributed by atoms with Crippen molar-refractivity contribution >= 4 is 17.5 Å². The third-order valence-electron chi connectivity index (χ3n) is 4.07. The number of amides is 2. The monoisotopic (exact) mass is 350 g/mol. The number of anilines is 1. The highest BCUT2D eigenvalue weighted by Gasteiger charge is 2.39. The number of carbonyl (C=O) groups is 2. The molecule has 2 aromatic rings. The van der Waals surface area contributed by atoms with Crippen molar-refractivity contribution < 1.29 is 9.59 Å². The number of carbonyl (C=O) groups excluding carboxylic acids is 2. The smallest absolute Gasteiger partial charge is 0.269 e. The fraction of sp³-hybridized carbons (Fsp3) is 0.278. The standard InChI is InChI=1S/C18H18N6O2/c1-2-3-10-18(22-23-18)11-8-16(25)20-13-6-4-5-7-15(13)24-12-9-14(21-24)17(19)26/h1,4-7,9,12H,3,8,10-11H2,(H2,19,26)(H,20,25). The Labute approximate surface area is 150 Å². The van der Waals surface area contributed by atoms with Gasteiger partial charge in [0.1, 0.15) is 5.69 Å². The molecule has 0 fully saturated rings. The number of terminal acetylenes is 1. The Morgan fingerprint density at radius 3 is 2.65 bits per heavy atom. The fourth-order valence-corrected chi connectivity index (χ4v) is 2.56. The highest BCUT2D eigenvalue weighted by Crippen LogP contribution is 2.37. The van der Waals surface area contributed by atoms with E-state index in [1.807, 2.05) is 6.07 Å². The fourth-order valence-electron chi connectivity index (χ4n) is 2.56. The zero-order valence-corrected chi connectivity index (χ0v) is 14.1. The number of benzene rings is 1.